The van der Waals surface area contributed by atoms with Gasteiger partial charge in [0, 0.05) is 0 Å². The van der Waals surface area contributed by atoms with E-state index in [4.69, 9.17) is 9.47 Å². The molecule has 8 heteroatoms. The molecule has 0 N–H and O–H groups in total. The molecule has 0 bridgehead atoms. The number of likely N-dealkylation sites (tertiary alicyclic amines) is 1. The van der Waals surface area contributed by atoms with Crippen molar-refractivity contribution in [2.75, 3.05) is 13.1 Å². The fourth-order valence-electron chi connectivity index (χ4n) is 1.94. The Bertz CT molecular complexity index is 589. The topological polar surface area (TPSA) is 38.8 Å². The van der Waals surface area contributed by atoms with E-state index >= 15 is 0 Å². The quantitative estimate of drug-likeness (QED) is 0.771. The van der Waals surface area contributed by atoms with Crippen LogP contribution < -0.4 is 4.74 Å². The molecule has 1 aliphatic rings. The predicted molar refractivity (Wildman–Crippen MR) is 73.6 cm³/mol. The molecule has 2 rings (SSSR count). The highest BCUT2D eigenvalue weighted by Gasteiger charge is 2.36. The van der Waals surface area contributed by atoms with Crippen molar-refractivity contribution >= 4 is 6.09 Å². The number of hydrogen-bond acceptors (Lipinski definition) is 3. The molecule has 0 saturated carbocycles. The van der Waals surface area contributed by atoms with Gasteiger partial charge in [-0.25, -0.2) is 9.18 Å². The molecule has 0 radical (unpaired) electrons. The Hall–Kier alpha value is -1.99. The SMILES string of the molecule is CC(C)(C)OC(=O)N1CC(Oc2cc(C(F)(F)F)ccc2F)C1. The van der Waals surface area contributed by atoms with Crippen LogP contribution >= 0.6 is 0 Å². The molecule has 1 aliphatic heterocycles. The fourth-order valence-corrected chi connectivity index (χ4v) is 1.94. The van der Waals surface area contributed by atoms with Gasteiger partial charge in [-0.2, -0.15) is 13.2 Å². The predicted octanol–water partition coefficient (Wildman–Crippen LogP) is 3.84. The van der Waals surface area contributed by atoms with Crippen LogP contribution in [-0.4, -0.2) is 35.8 Å². The molecule has 1 aromatic carbocycles. The third-order valence-electron chi connectivity index (χ3n) is 3.05. The van der Waals surface area contributed by atoms with Crippen molar-refractivity contribution in [3.8, 4) is 5.75 Å². The van der Waals surface area contributed by atoms with Gasteiger partial charge in [-0.15, -0.1) is 0 Å². The summed E-state index contributed by atoms with van der Waals surface area (Å²) in [4.78, 5) is 13.1. The Morgan fingerprint density at radius 3 is 2.35 bits per heavy atom. The Balaban J connectivity index is 1.94. The third-order valence-corrected chi connectivity index (χ3v) is 3.05. The minimum absolute atomic E-state index is 0.130. The highest BCUT2D eigenvalue weighted by Crippen LogP contribution is 2.33. The zero-order valence-electron chi connectivity index (χ0n) is 12.9. The van der Waals surface area contributed by atoms with Crippen molar-refractivity contribution in [3.63, 3.8) is 0 Å². The van der Waals surface area contributed by atoms with Crippen LogP contribution in [0.5, 0.6) is 5.75 Å². The average Bonchev–Trinajstić information content (AvgIpc) is 2.31. The summed E-state index contributed by atoms with van der Waals surface area (Å²) in [6.07, 6.45) is -5.68. The number of benzene rings is 1. The molecule has 0 atom stereocenters. The van der Waals surface area contributed by atoms with E-state index < -0.39 is 41.1 Å². The van der Waals surface area contributed by atoms with Gasteiger partial charge in [0.25, 0.3) is 0 Å². The van der Waals surface area contributed by atoms with Crippen molar-refractivity contribution in [2.45, 2.75) is 38.7 Å². The second-order valence-corrected chi connectivity index (χ2v) is 6.27. The summed E-state index contributed by atoms with van der Waals surface area (Å²) in [6, 6.07) is 1.98. The third kappa shape index (κ3) is 4.49. The fraction of sp³-hybridized carbons (Fsp3) is 0.533. The van der Waals surface area contributed by atoms with E-state index in [0.29, 0.717) is 18.2 Å². The van der Waals surface area contributed by atoms with E-state index in [1.807, 2.05) is 0 Å². The van der Waals surface area contributed by atoms with Crippen molar-refractivity contribution in [3.05, 3.63) is 29.6 Å². The number of carbonyl (C=O) groups excluding carboxylic acids is 1. The lowest BCUT2D eigenvalue weighted by Gasteiger charge is -2.39. The maximum atomic E-state index is 13.6. The Kier molecular flexibility index (Phi) is 4.45. The maximum absolute atomic E-state index is 13.6. The molecule has 1 fully saturated rings. The van der Waals surface area contributed by atoms with Gasteiger partial charge in [-0.3, -0.25) is 0 Å². The summed E-state index contributed by atoms with van der Waals surface area (Å²) >= 11 is 0. The van der Waals surface area contributed by atoms with Gasteiger partial charge in [0.05, 0.1) is 18.7 Å². The molecule has 23 heavy (non-hydrogen) atoms. The van der Waals surface area contributed by atoms with Gasteiger partial charge in [-0.1, -0.05) is 0 Å². The molecule has 0 aliphatic carbocycles. The molecule has 0 unspecified atom stereocenters. The minimum Gasteiger partial charge on any atom is -0.484 e. The van der Waals surface area contributed by atoms with E-state index in [1.54, 1.807) is 20.8 Å². The zero-order chi connectivity index (χ0) is 17.4. The molecular weight excluding hydrogens is 318 g/mol. The number of nitrogens with zero attached hydrogens (tertiary/aromatic N) is 1. The zero-order valence-corrected chi connectivity index (χ0v) is 12.9. The number of carbonyl (C=O) groups is 1. The van der Waals surface area contributed by atoms with Gasteiger partial charge in [0.2, 0.25) is 0 Å². The number of hydrogen-bond donors (Lipinski definition) is 0. The first-order valence-corrected chi connectivity index (χ1v) is 6.97. The van der Waals surface area contributed by atoms with Crippen molar-refractivity contribution in [1.82, 2.24) is 4.90 Å². The average molecular weight is 335 g/mol. The first-order chi connectivity index (χ1) is 10.5. The van der Waals surface area contributed by atoms with E-state index in [-0.39, 0.29) is 13.1 Å². The van der Waals surface area contributed by atoms with Gasteiger partial charge >= 0.3 is 12.3 Å². The molecule has 128 valence electrons. The molecule has 1 aromatic rings. The lowest BCUT2D eigenvalue weighted by atomic mass is 10.1. The first kappa shape index (κ1) is 17.4. The summed E-state index contributed by atoms with van der Waals surface area (Å²) in [7, 11) is 0. The lowest BCUT2D eigenvalue weighted by molar-refractivity contribution is -0.137. The second-order valence-electron chi connectivity index (χ2n) is 6.27. The van der Waals surface area contributed by atoms with E-state index in [9.17, 15) is 22.4 Å². The van der Waals surface area contributed by atoms with E-state index in [1.165, 1.54) is 4.90 Å². The Morgan fingerprint density at radius 2 is 1.83 bits per heavy atom. The number of ether oxygens (including phenoxy) is 2. The first-order valence-electron chi connectivity index (χ1n) is 6.97. The van der Waals surface area contributed by atoms with Gasteiger partial charge in [0.15, 0.2) is 11.6 Å². The van der Waals surface area contributed by atoms with Crippen molar-refractivity contribution in [2.24, 2.45) is 0 Å². The second kappa shape index (κ2) is 5.90. The molecular formula is C15H17F4NO3. The molecule has 1 heterocycles. The highest BCUT2D eigenvalue weighted by atomic mass is 19.4. The van der Waals surface area contributed by atoms with Crippen LogP contribution in [0.1, 0.15) is 26.3 Å². The molecule has 4 nitrogen and oxygen atoms in total. The van der Waals surface area contributed by atoms with Crippen LogP contribution in [0.25, 0.3) is 0 Å². The Labute approximate surface area is 131 Å². The van der Waals surface area contributed by atoms with Crippen LogP contribution in [-0.2, 0) is 10.9 Å². The standard InChI is InChI=1S/C15H17F4NO3/c1-14(2,3)23-13(21)20-7-10(8-20)22-12-6-9(15(17,18)19)4-5-11(12)16/h4-6,10H,7-8H2,1-3H3. The van der Waals surface area contributed by atoms with Gasteiger partial charge in [0.1, 0.15) is 11.7 Å². The van der Waals surface area contributed by atoms with Crippen LogP contribution in [0, 0.1) is 5.82 Å². The van der Waals surface area contributed by atoms with E-state index in [0.717, 1.165) is 0 Å². The summed E-state index contributed by atoms with van der Waals surface area (Å²) in [5.41, 5.74) is -1.63. The van der Waals surface area contributed by atoms with Gasteiger partial charge in [-0.05, 0) is 39.0 Å². The van der Waals surface area contributed by atoms with Gasteiger partial charge < -0.3 is 14.4 Å². The monoisotopic (exact) mass is 335 g/mol. The summed E-state index contributed by atoms with van der Waals surface area (Å²) in [6.45, 7) is 5.42. The molecule has 1 amide bonds. The number of alkyl halides is 3. The summed E-state index contributed by atoms with van der Waals surface area (Å²) in [5, 5.41) is 0. The minimum atomic E-state index is -4.58. The normalized spacial score (nSPS) is 16.0. The Morgan fingerprint density at radius 1 is 1.22 bits per heavy atom. The van der Waals surface area contributed by atoms with Crippen LogP contribution in [0.4, 0.5) is 22.4 Å². The number of rotatable bonds is 2. The largest absolute Gasteiger partial charge is 0.484 e. The van der Waals surface area contributed by atoms with Crippen LogP contribution in [0.3, 0.4) is 0 Å². The van der Waals surface area contributed by atoms with Crippen molar-refractivity contribution < 1.29 is 31.8 Å². The summed E-state index contributed by atoms with van der Waals surface area (Å²) < 4.78 is 61.7. The van der Waals surface area contributed by atoms with E-state index in [2.05, 4.69) is 0 Å². The molecule has 1 saturated heterocycles. The van der Waals surface area contributed by atoms with Crippen molar-refractivity contribution in [1.29, 1.82) is 0 Å². The molecule has 0 aromatic heterocycles. The van der Waals surface area contributed by atoms with Crippen LogP contribution in [0.15, 0.2) is 18.2 Å². The lowest BCUT2D eigenvalue weighted by Crippen LogP contribution is -2.57. The number of halogens is 4. The smallest absolute Gasteiger partial charge is 0.416 e. The van der Waals surface area contributed by atoms with Crippen LogP contribution in [0.2, 0.25) is 0 Å². The molecule has 0 spiro atoms. The number of amides is 1. The maximum Gasteiger partial charge on any atom is 0.416 e. The summed E-state index contributed by atoms with van der Waals surface area (Å²) in [5.74, 6) is -1.36. The highest BCUT2D eigenvalue weighted by molar-refractivity contribution is 5.69.